The van der Waals surface area contributed by atoms with Gasteiger partial charge in [-0.3, -0.25) is 0 Å². The molecule has 1 radical (unpaired) electrons. The van der Waals surface area contributed by atoms with Crippen molar-refractivity contribution in [2.75, 3.05) is 0 Å². The van der Waals surface area contributed by atoms with Crippen molar-refractivity contribution in [2.45, 2.75) is 25.9 Å². The first-order chi connectivity index (χ1) is 4.75. The number of rotatable bonds is 1. The molecule has 59 valence electrons. The number of hydrogen-bond donors (Lipinski definition) is 1. The van der Waals surface area contributed by atoms with E-state index < -0.39 is 0 Å². The molecular formula is C9H14AcO. The molecule has 2 atom stereocenters. The van der Waals surface area contributed by atoms with Crippen molar-refractivity contribution in [3.05, 3.63) is 24.3 Å². The minimum Gasteiger partial charge on any atom is -0.388 e. The molecule has 0 aromatic carbocycles. The summed E-state index contributed by atoms with van der Waals surface area (Å²) in [5, 5.41) is 9.50. The van der Waals surface area contributed by atoms with Crippen LogP contribution >= 0.6 is 0 Å². The normalized spacial score (nSPS) is 30.2. The molecule has 11 heavy (non-hydrogen) atoms. The minimum absolute atomic E-state index is 0. The first-order valence-electron chi connectivity index (χ1n) is 3.76. The maximum Gasteiger partial charge on any atom is 0.0812 e. The van der Waals surface area contributed by atoms with Crippen molar-refractivity contribution in [1.29, 1.82) is 0 Å². The van der Waals surface area contributed by atoms with Gasteiger partial charge in [-0.05, 0) is 24.3 Å². The molecule has 2 heteroatoms. The Morgan fingerprint density at radius 1 is 1.73 bits per heavy atom. The third kappa shape index (κ3) is 3.01. The Hall–Kier alpha value is 0.882. The molecule has 1 aliphatic rings. The van der Waals surface area contributed by atoms with Gasteiger partial charge < -0.3 is 5.11 Å². The van der Waals surface area contributed by atoms with Crippen LogP contribution in [-0.4, -0.2) is 11.2 Å². The van der Waals surface area contributed by atoms with E-state index in [1.165, 1.54) is 0 Å². The van der Waals surface area contributed by atoms with Crippen LogP contribution in [0.1, 0.15) is 19.8 Å². The third-order valence-corrected chi connectivity index (χ3v) is 2.12. The van der Waals surface area contributed by atoms with Crippen molar-refractivity contribution in [1.82, 2.24) is 0 Å². The zero-order valence-corrected chi connectivity index (χ0v) is 11.7. The molecule has 0 spiro atoms. The molecule has 1 rings (SSSR count). The Labute approximate surface area is 104 Å². The predicted molar refractivity (Wildman–Crippen MR) is 42.7 cm³/mol. The van der Waals surface area contributed by atoms with Crippen LogP contribution in [0.25, 0.3) is 0 Å². The van der Waals surface area contributed by atoms with Gasteiger partial charge in [-0.15, -0.1) is 0 Å². The van der Waals surface area contributed by atoms with Crippen molar-refractivity contribution < 1.29 is 49.2 Å². The second-order valence-corrected chi connectivity index (χ2v) is 2.91. The number of allylic oxidation sites excluding steroid dienone is 1. The third-order valence-electron chi connectivity index (χ3n) is 2.12. The summed E-state index contributed by atoms with van der Waals surface area (Å²) >= 11 is 0. The van der Waals surface area contributed by atoms with E-state index in [1.54, 1.807) is 6.08 Å². The zero-order chi connectivity index (χ0) is 7.56. The van der Waals surface area contributed by atoms with Crippen LogP contribution in [0.4, 0.5) is 0 Å². The van der Waals surface area contributed by atoms with E-state index in [9.17, 15) is 5.11 Å². The first kappa shape index (κ1) is 11.9. The number of aliphatic hydroxyl groups excluding tert-OH is 1. The van der Waals surface area contributed by atoms with E-state index in [0.717, 1.165) is 18.4 Å². The Kier molecular flexibility index (Phi) is 5.96. The monoisotopic (exact) mass is 365 g/mol. The summed E-state index contributed by atoms with van der Waals surface area (Å²) in [5.41, 5.74) is 0.999. The standard InChI is InChI=1S/C9H14O.Ac/c1-3-8-6-4-5-7(2)9(8)10;/h3,6-7,9-10H,1,4-5H2,2H3;. The summed E-state index contributed by atoms with van der Waals surface area (Å²) in [6, 6.07) is 0. The maximum atomic E-state index is 9.50. The van der Waals surface area contributed by atoms with Crippen LogP contribution in [0.2, 0.25) is 0 Å². The van der Waals surface area contributed by atoms with E-state index in [-0.39, 0.29) is 50.2 Å². The van der Waals surface area contributed by atoms with Crippen LogP contribution in [0.15, 0.2) is 24.3 Å². The quantitative estimate of drug-likeness (QED) is 0.753. The van der Waals surface area contributed by atoms with Gasteiger partial charge in [-0.2, -0.15) is 0 Å². The molecule has 2 unspecified atom stereocenters. The van der Waals surface area contributed by atoms with Gasteiger partial charge in [0, 0.05) is 44.1 Å². The summed E-state index contributed by atoms with van der Waals surface area (Å²) in [5.74, 6) is 0.401. The van der Waals surface area contributed by atoms with Gasteiger partial charge in [0.1, 0.15) is 0 Å². The van der Waals surface area contributed by atoms with Crippen LogP contribution in [-0.2, 0) is 0 Å². The van der Waals surface area contributed by atoms with E-state index in [2.05, 4.69) is 19.6 Å². The Morgan fingerprint density at radius 2 is 2.36 bits per heavy atom. The van der Waals surface area contributed by atoms with E-state index in [0.29, 0.717) is 5.92 Å². The van der Waals surface area contributed by atoms with Gasteiger partial charge in [0.05, 0.1) is 6.10 Å². The fourth-order valence-corrected chi connectivity index (χ4v) is 1.32. The second-order valence-electron chi connectivity index (χ2n) is 2.91. The molecule has 0 aromatic heterocycles. The summed E-state index contributed by atoms with van der Waals surface area (Å²) < 4.78 is 0. The first-order valence-corrected chi connectivity index (χ1v) is 3.76. The predicted octanol–water partition coefficient (Wildman–Crippen LogP) is 1.89. The van der Waals surface area contributed by atoms with E-state index >= 15 is 0 Å². The molecule has 1 nitrogen and oxygen atoms in total. The van der Waals surface area contributed by atoms with Crippen LogP contribution < -0.4 is 0 Å². The van der Waals surface area contributed by atoms with E-state index in [1.807, 2.05) is 0 Å². The van der Waals surface area contributed by atoms with Crippen molar-refractivity contribution in [2.24, 2.45) is 5.92 Å². The Bertz CT molecular complexity index is 163. The summed E-state index contributed by atoms with van der Waals surface area (Å²) in [7, 11) is 0. The van der Waals surface area contributed by atoms with Gasteiger partial charge in [-0.1, -0.05) is 25.7 Å². The van der Waals surface area contributed by atoms with Gasteiger partial charge in [0.15, 0.2) is 0 Å². The molecule has 0 amide bonds. The Balaban J connectivity index is 0.000001000. The molecule has 0 aromatic rings. The van der Waals surface area contributed by atoms with Gasteiger partial charge in [0.2, 0.25) is 0 Å². The summed E-state index contributed by atoms with van der Waals surface area (Å²) in [6.45, 7) is 5.71. The fourth-order valence-electron chi connectivity index (χ4n) is 1.32. The average Bonchev–Trinajstić information content (AvgIpc) is 1.95. The fraction of sp³-hybridized carbons (Fsp3) is 0.556. The van der Waals surface area contributed by atoms with Crippen LogP contribution in [0.3, 0.4) is 0 Å². The van der Waals surface area contributed by atoms with Crippen molar-refractivity contribution in [3.8, 4) is 0 Å². The molecule has 0 fully saturated rings. The molecule has 1 N–H and O–H groups in total. The molecular weight excluding hydrogens is 351 g/mol. The molecule has 0 heterocycles. The largest absolute Gasteiger partial charge is 0.388 e. The van der Waals surface area contributed by atoms with Gasteiger partial charge >= 0.3 is 0 Å². The second kappa shape index (κ2) is 5.51. The van der Waals surface area contributed by atoms with E-state index in [4.69, 9.17) is 0 Å². The molecule has 0 aliphatic heterocycles. The maximum absolute atomic E-state index is 9.50. The van der Waals surface area contributed by atoms with Gasteiger partial charge in [-0.25, -0.2) is 0 Å². The van der Waals surface area contributed by atoms with Crippen LogP contribution in [0.5, 0.6) is 0 Å². The molecule has 0 saturated heterocycles. The minimum atomic E-state index is -0.272. The Morgan fingerprint density at radius 3 is 2.82 bits per heavy atom. The van der Waals surface area contributed by atoms with Crippen LogP contribution in [0, 0.1) is 50.0 Å². The number of hydrogen-bond acceptors (Lipinski definition) is 1. The van der Waals surface area contributed by atoms with Crippen molar-refractivity contribution >= 4 is 0 Å². The topological polar surface area (TPSA) is 20.2 Å². The zero-order valence-electron chi connectivity index (χ0n) is 6.96. The summed E-state index contributed by atoms with van der Waals surface area (Å²) in [6.07, 6.45) is 5.72. The number of aliphatic hydroxyl groups is 1. The average molecular weight is 365 g/mol. The molecule has 0 bridgehead atoms. The van der Waals surface area contributed by atoms with Crippen molar-refractivity contribution in [3.63, 3.8) is 0 Å². The summed E-state index contributed by atoms with van der Waals surface area (Å²) in [4.78, 5) is 0. The molecule has 0 saturated carbocycles. The molecule has 1 aliphatic carbocycles. The van der Waals surface area contributed by atoms with Gasteiger partial charge in [0.25, 0.3) is 0 Å². The smallest absolute Gasteiger partial charge is 0.0812 e. The SMILES string of the molecule is C=CC1=CCCC(C)C1O.[Ac].